The van der Waals surface area contributed by atoms with Gasteiger partial charge in [-0.2, -0.15) is 5.10 Å². The topological polar surface area (TPSA) is 82.5 Å². The van der Waals surface area contributed by atoms with Gasteiger partial charge >= 0.3 is 12.1 Å². The molecule has 29 heavy (non-hydrogen) atoms. The van der Waals surface area contributed by atoms with E-state index in [-0.39, 0.29) is 30.3 Å². The van der Waals surface area contributed by atoms with Crippen LogP contribution in [0.2, 0.25) is 0 Å². The average molecular weight is 408 g/mol. The van der Waals surface area contributed by atoms with Crippen LogP contribution in [-0.2, 0) is 6.54 Å². The van der Waals surface area contributed by atoms with E-state index < -0.39 is 23.5 Å². The average Bonchev–Trinajstić information content (AvgIpc) is 3.28. The lowest BCUT2D eigenvalue weighted by atomic mass is 10.1. The summed E-state index contributed by atoms with van der Waals surface area (Å²) in [5, 5.41) is 9.51. The summed E-state index contributed by atoms with van der Waals surface area (Å²) in [6.07, 6.45) is 1.59. The number of fused-ring (bicyclic) bond motifs is 1. The minimum atomic E-state index is -1.60. The lowest BCUT2D eigenvalue weighted by Crippen LogP contribution is -2.49. The van der Waals surface area contributed by atoms with E-state index in [1.54, 1.807) is 15.8 Å². The van der Waals surface area contributed by atoms with Gasteiger partial charge in [-0.15, -0.1) is 0 Å². The van der Waals surface area contributed by atoms with Crippen LogP contribution in [0.3, 0.4) is 0 Å². The molecule has 2 N–H and O–H groups in total. The summed E-state index contributed by atoms with van der Waals surface area (Å²) in [7, 11) is 0. The van der Waals surface area contributed by atoms with Crippen molar-refractivity contribution in [1.82, 2.24) is 20.0 Å². The molecule has 1 fully saturated rings. The van der Waals surface area contributed by atoms with Gasteiger partial charge in [0.25, 0.3) is 0 Å². The fourth-order valence-corrected chi connectivity index (χ4v) is 3.66. The monoisotopic (exact) mass is 408 g/mol. The Kier molecular flexibility index (Phi) is 4.59. The summed E-state index contributed by atoms with van der Waals surface area (Å²) in [5.74, 6) is -4.37. The molecule has 0 unspecified atom stereocenters. The number of carbonyl (C=O) groups excluding carboxylic acids is 2. The standard InChI is InChI=1S/C18H19F3N6O2/c1-9-10(2)27-15(14(7-23-27)25-4-3-22-17(25)28)8-26(9)18(29)24-11-5-12(19)16(21)13(20)6-11/h5-7,9-10H,3-4,8H2,1-2H3,(H,22,28)(H,24,29)/t9-,10-/m0/s1. The fourth-order valence-electron chi connectivity index (χ4n) is 3.66. The van der Waals surface area contributed by atoms with E-state index >= 15 is 0 Å². The Morgan fingerprint density at radius 2 is 1.90 bits per heavy atom. The highest BCUT2D eigenvalue weighted by atomic mass is 19.2. The molecule has 1 aromatic carbocycles. The van der Waals surface area contributed by atoms with E-state index in [4.69, 9.17) is 0 Å². The Bertz CT molecular complexity index is 971. The van der Waals surface area contributed by atoms with Crippen molar-refractivity contribution in [2.75, 3.05) is 23.3 Å². The summed E-state index contributed by atoms with van der Waals surface area (Å²) < 4.78 is 41.8. The maximum Gasteiger partial charge on any atom is 0.322 e. The molecule has 0 radical (unpaired) electrons. The molecule has 2 atom stereocenters. The smallest absolute Gasteiger partial charge is 0.322 e. The van der Waals surface area contributed by atoms with Crippen LogP contribution >= 0.6 is 0 Å². The first-order valence-corrected chi connectivity index (χ1v) is 9.12. The summed E-state index contributed by atoms with van der Waals surface area (Å²) in [4.78, 5) is 27.9. The molecular weight excluding hydrogens is 389 g/mol. The lowest BCUT2D eigenvalue weighted by molar-refractivity contribution is 0.139. The molecule has 8 nitrogen and oxygen atoms in total. The number of anilines is 2. The van der Waals surface area contributed by atoms with Gasteiger partial charge in [0, 0.05) is 30.9 Å². The number of nitrogens with one attached hydrogen (secondary N) is 2. The Hall–Kier alpha value is -3.24. The van der Waals surface area contributed by atoms with Crippen LogP contribution in [0.4, 0.5) is 34.1 Å². The second-order valence-electron chi connectivity index (χ2n) is 7.10. The summed E-state index contributed by atoms with van der Waals surface area (Å²) in [6.45, 7) is 4.85. The van der Waals surface area contributed by atoms with E-state index in [1.807, 2.05) is 13.8 Å². The third-order valence-electron chi connectivity index (χ3n) is 5.42. The Balaban J connectivity index is 1.60. The summed E-state index contributed by atoms with van der Waals surface area (Å²) in [6, 6.07) is 0.111. The molecule has 0 aliphatic carbocycles. The van der Waals surface area contributed by atoms with Gasteiger partial charge in [0.05, 0.1) is 36.2 Å². The van der Waals surface area contributed by atoms with Crippen molar-refractivity contribution in [2.45, 2.75) is 32.5 Å². The van der Waals surface area contributed by atoms with Crippen molar-refractivity contribution < 1.29 is 22.8 Å². The molecule has 0 spiro atoms. The third-order valence-corrected chi connectivity index (χ3v) is 5.42. The summed E-state index contributed by atoms with van der Waals surface area (Å²) in [5.41, 5.74) is 1.10. The van der Waals surface area contributed by atoms with Gasteiger partial charge < -0.3 is 15.5 Å². The number of amides is 4. The van der Waals surface area contributed by atoms with Crippen molar-refractivity contribution in [3.63, 3.8) is 0 Å². The number of rotatable bonds is 2. The normalized spacial score (nSPS) is 21.2. The molecule has 2 aliphatic heterocycles. The predicted molar refractivity (Wildman–Crippen MR) is 98.0 cm³/mol. The van der Waals surface area contributed by atoms with Crippen molar-refractivity contribution in [2.24, 2.45) is 0 Å². The zero-order chi connectivity index (χ0) is 20.9. The number of carbonyl (C=O) groups is 2. The van der Waals surface area contributed by atoms with Gasteiger partial charge in [0.15, 0.2) is 17.5 Å². The maximum absolute atomic E-state index is 13.5. The molecule has 0 bridgehead atoms. The highest BCUT2D eigenvalue weighted by molar-refractivity contribution is 5.95. The first-order chi connectivity index (χ1) is 13.8. The molecule has 154 valence electrons. The molecule has 4 amide bonds. The summed E-state index contributed by atoms with van der Waals surface area (Å²) >= 11 is 0. The van der Waals surface area contributed by atoms with Crippen LogP contribution in [-0.4, -0.2) is 45.9 Å². The Labute approximate surface area is 164 Å². The van der Waals surface area contributed by atoms with Gasteiger partial charge in [-0.3, -0.25) is 9.58 Å². The van der Waals surface area contributed by atoms with Crippen molar-refractivity contribution >= 4 is 23.4 Å². The molecule has 4 rings (SSSR count). The number of hydrogen-bond donors (Lipinski definition) is 2. The SMILES string of the molecule is C[C@H]1[C@H](C)n2ncc(N3CCNC3=O)c2CN1C(=O)Nc1cc(F)c(F)c(F)c1. The predicted octanol–water partition coefficient (Wildman–Crippen LogP) is 2.83. The molecule has 2 aliphatic rings. The van der Waals surface area contributed by atoms with Crippen LogP contribution in [0.1, 0.15) is 25.6 Å². The van der Waals surface area contributed by atoms with Crippen molar-refractivity contribution in [1.29, 1.82) is 0 Å². The number of hydrogen-bond acceptors (Lipinski definition) is 3. The highest BCUT2D eigenvalue weighted by Crippen LogP contribution is 2.33. The minimum absolute atomic E-state index is 0.141. The number of benzene rings is 1. The van der Waals surface area contributed by atoms with Crippen molar-refractivity contribution in [3.05, 3.63) is 41.5 Å². The van der Waals surface area contributed by atoms with Crippen LogP contribution in [0, 0.1) is 17.5 Å². The van der Waals surface area contributed by atoms with E-state index in [9.17, 15) is 22.8 Å². The Morgan fingerprint density at radius 1 is 1.21 bits per heavy atom. The van der Waals surface area contributed by atoms with E-state index in [0.717, 1.165) is 12.1 Å². The molecule has 2 aromatic rings. The molecular formula is C18H19F3N6O2. The van der Waals surface area contributed by atoms with Crippen molar-refractivity contribution in [3.8, 4) is 0 Å². The van der Waals surface area contributed by atoms with Gasteiger partial charge in [-0.25, -0.2) is 22.8 Å². The largest absolute Gasteiger partial charge is 0.336 e. The zero-order valence-corrected chi connectivity index (χ0v) is 15.7. The number of halogens is 3. The molecule has 3 heterocycles. The number of aromatic nitrogens is 2. The number of urea groups is 2. The van der Waals surface area contributed by atoms with Crippen LogP contribution in [0.5, 0.6) is 0 Å². The molecule has 1 saturated heterocycles. The maximum atomic E-state index is 13.5. The van der Waals surface area contributed by atoms with Gasteiger partial charge in [-0.05, 0) is 13.8 Å². The van der Waals surface area contributed by atoms with Crippen LogP contribution in [0.25, 0.3) is 0 Å². The van der Waals surface area contributed by atoms with E-state index in [0.29, 0.717) is 24.5 Å². The molecule has 0 saturated carbocycles. The van der Waals surface area contributed by atoms with Crippen LogP contribution < -0.4 is 15.5 Å². The van der Waals surface area contributed by atoms with E-state index in [1.165, 1.54) is 4.90 Å². The lowest BCUT2D eigenvalue weighted by Gasteiger charge is -2.39. The minimum Gasteiger partial charge on any atom is -0.336 e. The molecule has 1 aromatic heterocycles. The second kappa shape index (κ2) is 6.98. The first-order valence-electron chi connectivity index (χ1n) is 9.12. The Morgan fingerprint density at radius 3 is 2.52 bits per heavy atom. The second-order valence-corrected chi connectivity index (χ2v) is 7.10. The van der Waals surface area contributed by atoms with Gasteiger partial charge in [0.2, 0.25) is 0 Å². The highest BCUT2D eigenvalue weighted by Gasteiger charge is 2.37. The quantitative estimate of drug-likeness (QED) is 0.750. The third kappa shape index (κ3) is 3.15. The fraction of sp³-hybridized carbons (Fsp3) is 0.389. The van der Waals surface area contributed by atoms with E-state index in [2.05, 4.69) is 15.7 Å². The van der Waals surface area contributed by atoms with Gasteiger partial charge in [-0.1, -0.05) is 0 Å². The molecule has 11 heteroatoms. The zero-order valence-electron chi connectivity index (χ0n) is 15.7. The van der Waals surface area contributed by atoms with Gasteiger partial charge in [0.1, 0.15) is 0 Å². The van der Waals surface area contributed by atoms with Crippen LogP contribution in [0.15, 0.2) is 18.3 Å². The number of nitrogens with zero attached hydrogens (tertiary/aromatic N) is 4. The first kappa shape index (κ1) is 19.1.